The standard InChI is InChI=1S/C9H21NO4S/c1-4-9(2,3)14-6-5-13-7-8-15(10,11)12/h4-8H2,1-3H3,(H2,10,11,12). The summed E-state index contributed by atoms with van der Waals surface area (Å²) >= 11 is 0. The molecular weight excluding hydrogens is 218 g/mol. The number of ether oxygens (including phenoxy) is 2. The monoisotopic (exact) mass is 239 g/mol. The van der Waals surface area contributed by atoms with Gasteiger partial charge in [0.05, 0.1) is 31.2 Å². The minimum absolute atomic E-state index is 0.120. The Morgan fingerprint density at radius 2 is 1.80 bits per heavy atom. The van der Waals surface area contributed by atoms with E-state index < -0.39 is 10.0 Å². The minimum Gasteiger partial charge on any atom is -0.378 e. The van der Waals surface area contributed by atoms with Crippen molar-refractivity contribution in [2.75, 3.05) is 25.6 Å². The first-order valence-corrected chi connectivity index (χ1v) is 6.70. The van der Waals surface area contributed by atoms with Crippen LogP contribution in [-0.2, 0) is 19.5 Å². The molecule has 0 unspecified atom stereocenters. The highest BCUT2D eigenvalue weighted by molar-refractivity contribution is 7.89. The maximum absolute atomic E-state index is 10.5. The molecule has 92 valence electrons. The van der Waals surface area contributed by atoms with Crippen molar-refractivity contribution in [3.05, 3.63) is 0 Å². The van der Waals surface area contributed by atoms with Gasteiger partial charge in [0.2, 0.25) is 10.0 Å². The molecule has 0 aliphatic carbocycles. The van der Waals surface area contributed by atoms with Gasteiger partial charge in [-0.2, -0.15) is 0 Å². The number of nitrogens with two attached hydrogens (primary N) is 1. The molecule has 2 N–H and O–H groups in total. The van der Waals surface area contributed by atoms with Crippen LogP contribution in [0.1, 0.15) is 27.2 Å². The van der Waals surface area contributed by atoms with Crippen LogP contribution in [0, 0.1) is 0 Å². The highest BCUT2D eigenvalue weighted by atomic mass is 32.2. The first-order valence-electron chi connectivity index (χ1n) is 4.99. The zero-order chi connectivity index (χ0) is 11.9. The molecule has 5 nitrogen and oxygen atoms in total. The van der Waals surface area contributed by atoms with Crippen LogP contribution in [0.3, 0.4) is 0 Å². The van der Waals surface area contributed by atoms with E-state index in [9.17, 15) is 8.42 Å². The molecule has 0 fully saturated rings. The second kappa shape index (κ2) is 6.42. The van der Waals surface area contributed by atoms with Crippen molar-refractivity contribution in [2.24, 2.45) is 5.14 Å². The van der Waals surface area contributed by atoms with E-state index in [2.05, 4.69) is 0 Å². The van der Waals surface area contributed by atoms with Crippen molar-refractivity contribution in [1.29, 1.82) is 0 Å². The number of hydrogen-bond acceptors (Lipinski definition) is 4. The van der Waals surface area contributed by atoms with Gasteiger partial charge < -0.3 is 9.47 Å². The Morgan fingerprint density at radius 3 is 2.27 bits per heavy atom. The van der Waals surface area contributed by atoms with Crippen molar-refractivity contribution in [2.45, 2.75) is 32.8 Å². The third kappa shape index (κ3) is 10.1. The second-order valence-electron chi connectivity index (χ2n) is 3.94. The molecule has 0 heterocycles. The predicted molar refractivity (Wildman–Crippen MR) is 59.1 cm³/mol. The zero-order valence-electron chi connectivity index (χ0n) is 9.65. The van der Waals surface area contributed by atoms with E-state index in [4.69, 9.17) is 14.6 Å². The lowest BCUT2D eigenvalue weighted by Gasteiger charge is -2.23. The van der Waals surface area contributed by atoms with Gasteiger partial charge in [-0.25, -0.2) is 13.6 Å². The van der Waals surface area contributed by atoms with E-state index in [0.717, 1.165) is 6.42 Å². The molecule has 0 saturated carbocycles. The molecule has 6 heteroatoms. The molecule has 0 bridgehead atoms. The van der Waals surface area contributed by atoms with Gasteiger partial charge in [-0.15, -0.1) is 0 Å². The third-order valence-corrected chi connectivity index (χ3v) is 2.82. The van der Waals surface area contributed by atoms with E-state index in [1.807, 2.05) is 20.8 Å². The fraction of sp³-hybridized carbons (Fsp3) is 1.00. The van der Waals surface area contributed by atoms with Crippen LogP contribution in [0.4, 0.5) is 0 Å². The summed E-state index contributed by atoms with van der Waals surface area (Å²) in [7, 11) is -3.41. The fourth-order valence-corrected chi connectivity index (χ4v) is 1.11. The van der Waals surface area contributed by atoms with E-state index in [0.29, 0.717) is 13.2 Å². The Labute approximate surface area is 92.0 Å². The number of hydrogen-bond donors (Lipinski definition) is 1. The van der Waals surface area contributed by atoms with Crippen LogP contribution in [-0.4, -0.2) is 39.6 Å². The molecule has 0 aromatic heterocycles. The van der Waals surface area contributed by atoms with Crippen molar-refractivity contribution >= 4 is 10.0 Å². The average Bonchev–Trinajstić information content (AvgIpc) is 2.09. The molecule has 0 rings (SSSR count). The Kier molecular flexibility index (Phi) is 6.35. The van der Waals surface area contributed by atoms with Gasteiger partial charge in [-0.1, -0.05) is 6.92 Å². The topological polar surface area (TPSA) is 78.6 Å². The summed E-state index contributed by atoms with van der Waals surface area (Å²) in [6.07, 6.45) is 0.921. The summed E-state index contributed by atoms with van der Waals surface area (Å²) in [5, 5.41) is 4.80. The summed E-state index contributed by atoms with van der Waals surface area (Å²) < 4.78 is 31.6. The molecule has 0 aliphatic heterocycles. The molecule has 0 aromatic carbocycles. The van der Waals surface area contributed by atoms with Crippen LogP contribution < -0.4 is 5.14 Å². The van der Waals surface area contributed by atoms with Crippen molar-refractivity contribution in [3.63, 3.8) is 0 Å². The number of sulfonamides is 1. The summed E-state index contributed by atoms with van der Waals surface area (Å²) in [4.78, 5) is 0. The molecule has 0 radical (unpaired) electrons. The first-order chi connectivity index (χ1) is 6.77. The number of primary sulfonamides is 1. The van der Waals surface area contributed by atoms with Gasteiger partial charge in [0.15, 0.2) is 0 Å². The van der Waals surface area contributed by atoms with Gasteiger partial charge in [-0.3, -0.25) is 0 Å². The van der Waals surface area contributed by atoms with E-state index in [-0.39, 0.29) is 18.0 Å². The summed E-state index contributed by atoms with van der Waals surface area (Å²) in [5.41, 5.74) is -0.150. The number of rotatable bonds is 8. The Balaban J connectivity index is 3.41. The van der Waals surface area contributed by atoms with Gasteiger partial charge in [0.25, 0.3) is 0 Å². The summed E-state index contributed by atoms with van der Waals surface area (Å²) in [6, 6.07) is 0. The summed E-state index contributed by atoms with van der Waals surface area (Å²) in [5.74, 6) is -0.149. The molecule has 0 saturated heterocycles. The van der Waals surface area contributed by atoms with Crippen LogP contribution >= 0.6 is 0 Å². The molecule has 15 heavy (non-hydrogen) atoms. The smallest absolute Gasteiger partial charge is 0.211 e. The molecular formula is C9H21NO4S. The van der Waals surface area contributed by atoms with Crippen molar-refractivity contribution in [1.82, 2.24) is 0 Å². The molecule has 0 aliphatic rings. The van der Waals surface area contributed by atoms with Crippen molar-refractivity contribution < 1.29 is 17.9 Å². The Morgan fingerprint density at radius 1 is 1.20 bits per heavy atom. The highest BCUT2D eigenvalue weighted by Crippen LogP contribution is 2.12. The second-order valence-corrected chi connectivity index (χ2v) is 5.68. The van der Waals surface area contributed by atoms with E-state index in [1.54, 1.807) is 0 Å². The third-order valence-electron chi connectivity index (χ3n) is 2.08. The summed E-state index contributed by atoms with van der Waals surface area (Å²) in [6.45, 7) is 7.01. The van der Waals surface area contributed by atoms with Crippen LogP contribution in [0.15, 0.2) is 0 Å². The van der Waals surface area contributed by atoms with Gasteiger partial charge >= 0.3 is 0 Å². The van der Waals surface area contributed by atoms with Gasteiger partial charge in [0, 0.05) is 0 Å². The maximum atomic E-state index is 10.5. The highest BCUT2D eigenvalue weighted by Gasteiger charge is 2.14. The predicted octanol–water partition coefficient (Wildman–Crippen LogP) is 0.497. The van der Waals surface area contributed by atoms with E-state index in [1.165, 1.54) is 0 Å². The lowest BCUT2D eigenvalue weighted by molar-refractivity contribution is -0.0460. The van der Waals surface area contributed by atoms with Gasteiger partial charge in [0.1, 0.15) is 0 Å². The SMILES string of the molecule is CCC(C)(C)OCCOCCS(N)(=O)=O. The Hall–Kier alpha value is -0.170. The lowest BCUT2D eigenvalue weighted by Crippen LogP contribution is -2.26. The fourth-order valence-electron chi connectivity index (χ4n) is 0.756. The minimum atomic E-state index is -3.41. The van der Waals surface area contributed by atoms with Gasteiger partial charge in [-0.05, 0) is 20.3 Å². The molecule has 0 spiro atoms. The largest absolute Gasteiger partial charge is 0.378 e. The first kappa shape index (κ1) is 14.8. The normalized spacial score (nSPS) is 13.1. The molecule has 0 aromatic rings. The molecule has 0 amide bonds. The Bertz CT molecular complexity index is 261. The zero-order valence-corrected chi connectivity index (χ0v) is 10.5. The van der Waals surface area contributed by atoms with Crippen LogP contribution in [0.5, 0.6) is 0 Å². The van der Waals surface area contributed by atoms with Crippen LogP contribution in [0.25, 0.3) is 0 Å². The van der Waals surface area contributed by atoms with E-state index >= 15 is 0 Å². The average molecular weight is 239 g/mol. The van der Waals surface area contributed by atoms with Crippen molar-refractivity contribution in [3.8, 4) is 0 Å². The molecule has 0 atom stereocenters. The van der Waals surface area contributed by atoms with Crippen LogP contribution in [0.2, 0.25) is 0 Å². The quantitative estimate of drug-likeness (QED) is 0.625. The lowest BCUT2D eigenvalue weighted by atomic mass is 10.1. The maximum Gasteiger partial charge on any atom is 0.211 e.